The van der Waals surface area contributed by atoms with E-state index in [4.69, 9.17) is 0 Å². The van der Waals surface area contributed by atoms with Crippen molar-refractivity contribution in [2.45, 2.75) is 65.9 Å². The zero-order chi connectivity index (χ0) is 10.5. The number of hydrogen-bond donors (Lipinski definition) is 1. The van der Waals surface area contributed by atoms with Gasteiger partial charge in [-0.1, -0.05) is 41.0 Å². The summed E-state index contributed by atoms with van der Waals surface area (Å²) in [6.45, 7) is 10.9. The van der Waals surface area contributed by atoms with Gasteiger partial charge in [-0.2, -0.15) is 0 Å². The van der Waals surface area contributed by atoms with Crippen molar-refractivity contribution in [1.29, 1.82) is 0 Å². The third-order valence-corrected chi connectivity index (χ3v) is 2.29. The molecule has 0 unspecified atom stereocenters. The Kier molecular flexibility index (Phi) is 5.62. The molecule has 0 saturated heterocycles. The van der Waals surface area contributed by atoms with E-state index in [-0.39, 0.29) is 0 Å². The van der Waals surface area contributed by atoms with E-state index in [2.05, 4.69) is 34.6 Å². The second kappa shape index (κ2) is 5.64. The number of rotatable bonds is 6. The second-order valence-electron chi connectivity index (χ2n) is 5.17. The van der Waals surface area contributed by atoms with Gasteiger partial charge in [0.25, 0.3) is 0 Å². The quantitative estimate of drug-likeness (QED) is 0.672. The van der Waals surface area contributed by atoms with Crippen molar-refractivity contribution in [1.82, 2.24) is 0 Å². The van der Waals surface area contributed by atoms with Crippen molar-refractivity contribution in [3.05, 3.63) is 0 Å². The van der Waals surface area contributed by atoms with Crippen LogP contribution in [0.15, 0.2) is 0 Å². The van der Waals surface area contributed by atoms with Crippen LogP contribution in [0.2, 0.25) is 0 Å². The molecule has 0 atom stereocenters. The van der Waals surface area contributed by atoms with Crippen LogP contribution in [-0.2, 0) is 0 Å². The van der Waals surface area contributed by atoms with E-state index in [1.54, 1.807) is 0 Å². The minimum atomic E-state index is -0.406. The molecule has 0 aromatic rings. The van der Waals surface area contributed by atoms with Crippen molar-refractivity contribution < 1.29 is 5.11 Å². The van der Waals surface area contributed by atoms with Gasteiger partial charge in [0.2, 0.25) is 0 Å². The first-order valence-electron chi connectivity index (χ1n) is 5.62. The summed E-state index contributed by atoms with van der Waals surface area (Å²) < 4.78 is 0. The van der Waals surface area contributed by atoms with Gasteiger partial charge in [-0.15, -0.1) is 0 Å². The van der Waals surface area contributed by atoms with Gasteiger partial charge in [0.15, 0.2) is 0 Å². The standard InChI is InChI=1S/C12H26O/c1-6-7-12(13,8-10(2)3)9-11(4)5/h10-11,13H,6-9H2,1-5H3. The molecule has 0 fully saturated rings. The van der Waals surface area contributed by atoms with Crippen LogP contribution in [0.4, 0.5) is 0 Å². The molecule has 80 valence electrons. The Balaban J connectivity index is 4.15. The van der Waals surface area contributed by atoms with Gasteiger partial charge in [0.1, 0.15) is 0 Å². The smallest absolute Gasteiger partial charge is 0.0652 e. The molecule has 0 saturated carbocycles. The monoisotopic (exact) mass is 186 g/mol. The van der Waals surface area contributed by atoms with E-state index in [1.165, 1.54) is 0 Å². The topological polar surface area (TPSA) is 20.2 Å². The van der Waals surface area contributed by atoms with Gasteiger partial charge < -0.3 is 5.11 Å². The van der Waals surface area contributed by atoms with Crippen LogP contribution < -0.4 is 0 Å². The molecule has 0 spiro atoms. The van der Waals surface area contributed by atoms with Crippen LogP contribution in [0.5, 0.6) is 0 Å². The zero-order valence-electron chi connectivity index (χ0n) is 9.93. The van der Waals surface area contributed by atoms with E-state index < -0.39 is 5.60 Å². The van der Waals surface area contributed by atoms with Crippen molar-refractivity contribution in [3.63, 3.8) is 0 Å². The largest absolute Gasteiger partial charge is 0.390 e. The maximum Gasteiger partial charge on any atom is 0.0652 e. The predicted octanol–water partition coefficient (Wildman–Crippen LogP) is 3.61. The maximum absolute atomic E-state index is 10.4. The summed E-state index contributed by atoms with van der Waals surface area (Å²) in [5.41, 5.74) is -0.406. The zero-order valence-corrected chi connectivity index (χ0v) is 9.93. The summed E-state index contributed by atoms with van der Waals surface area (Å²) in [5, 5.41) is 10.4. The molecule has 0 heterocycles. The lowest BCUT2D eigenvalue weighted by Gasteiger charge is -2.31. The van der Waals surface area contributed by atoms with Gasteiger partial charge in [0.05, 0.1) is 5.60 Å². The van der Waals surface area contributed by atoms with Crippen molar-refractivity contribution in [2.75, 3.05) is 0 Å². The first-order chi connectivity index (χ1) is 5.89. The average Bonchev–Trinajstić information content (AvgIpc) is 1.81. The minimum absolute atomic E-state index is 0.406. The lowest BCUT2D eigenvalue weighted by molar-refractivity contribution is -0.00790. The highest BCUT2D eigenvalue weighted by atomic mass is 16.3. The molecule has 0 aliphatic rings. The minimum Gasteiger partial charge on any atom is -0.390 e. The highest BCUT2D eigenvalue weighted by Gasteiger charge is 2.27. The Hall–Kier alpha value is -0.0400. The molecule has 0 aliphatic heterocycles. The van der Waals surface area contributed by atoms with Crippen LogP contribution >= 0.6 is 0 Å². The molecule has 1 N–H and O–H groups in total. The molecular weight excluding hydrogens is 160 g/mol. The molecular formula is C12H26O. The lowest BCUT2D eigenvalue weighted by Crippen LogP contribution is -2.32. The summed E-state index contributed by atoms with van der Waals surface area (Å²) in [5.74, 6) is 1.19. The Bertz CT molecular complexity index is 117. The summed E-state index contributed by atoms with van der Waals surface area (Å²) in [6.07, 6.45) is 3.91. The van der Waals surface area contributed by atoms with Gasteiger partial charge in [-0.25, -0.2) is 0 Å². The van der Waals surface area contributed by atoms with E-state index in [0.717, 1.165) is 25.7 Å². The Morgan fingerprint density at radius 1 is 1.00 bits per heavy atom. The molecule has 0 aromatic heterocycles. The molecule has 0 amide bonds. The number of hydrogen-bond acceptors (Lipinski definition) is 1. The molecule has 0 aliphatic carbocycles. The first kappa shape index (κ1) is 13.0. The fourth-order valence-electron chi connectivity index (χ4n) is 2.27. The van der Waals surface area contributed by atoms with Gasteiger partial charge >= 0.3 is 0 Å². The molecule has 1 nitrogen and oxygen atoms in total. The molecule has 13 heavy (non-hydrogen) atoms. The molecule has 0 aromatic carbocycles. The Morgan fingerprint density at radius 3 is 1.62 bits per heavy atom. The Morgan fingerprint density at radius 2 is 1.38 bits per heavy atom. The van der Waals surface area contributed by atoms with E-state index >= 15 is 0 Å². The fraction of sp³-hybridized carbons (Fsp3) is 1.00. The molecule has 1 heteroatoms. The summed E-state index contributed by atoms with van der Waals surface area (Å²) >= 11 is 0. The van der Waals surface area contributed by atoms with Crippen molar-refractivity contribution in [2.24, 2.45) is 11.8 Å². The molecule has 0 rings (SSSR count). The second-order valence-corrected chi connectivity index (χ2v) is 5.17. The van der Waals surface area contributed by atoms with Crippen LogP contribution in [0.3, 0.4) is 0 Å². The Labute approximate surface area is 83.5 Å². The lowest BCUT2D eigenvalue weighted by atomic mass is 9.82. The van der Waals surface area contributed by atoms with Crippen LogP contribution in [-0.4, -0.2) is 10.7 Å². The third-order valence-electron chi connectivity index (χ3n) is 2.29. The highest BCUT2D eigenvalue weighted by Crippen LogP contribution is 2.28. The predicted molar refractivity (Wildman–Crippen MR) is 58.8 cm³/mol. The third kappa shape index (κ3) is 6.09. The van der Waals surface area contributed by atoms with E-state index in [9.17, 15) is 5.11 Å². The van der Waals surface area contributed by atoms with Crippen LogP contribution in [0.1, 0.15) is 60.3 Å². The van der Waals surface area contributed by atoms with Gasteiger partial charge in [0, 0.05) is 0 Å². The summed E-state index contributed by atoms with van der Waals surface area (Å²) in [7, 11) is 0. The fourth-order valence-corrected chi connectivity index (χ4v) is 2.27. The van der Waals surface area contributed by atoms with E-state index in [0.29, 0.717) is 11.8 Å². The summed E-state index contributed by atoms with van der Waals surface area (Å²) in [4.78, 5) is 0. The van der Waals surface area contributed by atoms with Crippen LogP contribution in [0.25, 0.3) is 0 Å². The van der Waals surface area contributed by atoms with Crippen molar-refractivity contribution in [3.8, 4) is 0 Å². The van der Waals surface area contributed by atoms with Gasteiger partial charge in [-0.3, -0.25) is 0 Å². The highest BCUT2D eigenvalue weighted by molar-refractivity contribution is 4.80. The molecule has 0 bridgehead atoms. The van der Waals surface area contributed by atoms with Gasteiger partial charge in [-0.05, 0) is 31.1 Å². The number of aliphatic hydroxyl groups is 1. The first-order valence-corrected chi connectivity index (χ1v) is 5.62. The van der Waals surface area contributed by atoms with Crippen molar-refractivity contribution >= 4 is 0 Å². The SMILES string of the molecule is CCCC(O)(CC(C)C)CC(C)C. The van der Waals surface area contributed by atoms with E-state index in [1.807, 2.05) is 0 Å². The average molecular weight is 186 g/mol. The van der Waals surface area contributed by atoms with Crippen LogP contribution in [0, 0.1) is 11.8 Å². The molecule has 0 radical (unpaired) electrons. The maximum atomic E-state index is 10.4. The summed E-state index contributed by atoms with van der Waals surface area (Å²) in [6, 6.07) is 0. The normalized spacial score (nSPS) is 12.9.